The van der Waals surface area contributed by atoms with Crippen LogP contribution in [0.4, 0.5) is 14.5 Å². The highest BCUT2D eigenvalue weighted by molar-refractivity contribution is 5.99. The first-order chi connectivity index (χ1) is 17.2. The van der Waals surface area contributed by atoms with E-state index in [4.69, 9.17) is 4.74 Å². The molecule has 8 nitrogen and oxygen atoms in total. The Kier molecular flexibility index (Phi) is 8.24. The quantitative estimate of drug-likeness (QED) is 0.581. The summed E-state index contributed by atoms with van der Waals surface area (Å²) in [6.07, 6.45) is -3.38. The fraction of sp³-hybridized carbons (Fsp3) is 0.654. The molecule has 198 valence electrons. The minimum Gasteiger partial charge on any atom is -0.369 e. The van der Waals surface area contributed by atoms with Crippen LogP contribution in [0.1, 0.15) is 37.6 Å². The lowest BCUT2D eigenvalue weighted by Crippen LogP contribution is -2.52. The molecule has 36 heavy (non-hydrogen) atoms. The van der Waals surface area contributed by atoms with E-state index in [9.17, 15) is 23.2 Å². The Morgan fingerprint density at radius 1 is 1.11 bits per heavy atom. The van der Waals surface area contributed by atoms with Crippen molar-refractivity contribution < 1.29 is 27.9 Å². The lowest BCUT2D eigenvalue weighted by molar-refractivity contribution is -0.138. The fourth-order valence-corrected chi connectivity index (χ4v) is 5.42. The zero-order chi connectivity index (χ0) is 26.0. The number of fused-ring (bicyclic) bond motifs is 1. The summed E-state index contributed by atoms with van der Waals surface area (Å²) < 4.78 is 32.5. The molecule has 0 spiro atoms. The number of carbonyl (C=O) groups is 3. The number of anilines is 1. The average Bonchev–Trinajstić information content (AvgIpc) is 3.44. The first-order valence-electron chi connectivity index (χ1n) is 12.8. The maximum atomic E-state index is 13.6. The predicted octanol–water partition coefficient (Wildman–Crippen LogP) is 2.03. The minimum absolute atomic E-state index is 0.0586. The van der Waals surface area contributed by atoms with Gasteiger partial charge in [-0.05, 0) is 43.1 Å². The SMILES string of the molecule is CCN1CCN(c2ccc(C(=O)NC(CC(C)C)C(=O)N3C[C@@H](C(F)F)[C@H]4OCC(=O)[C@H]43)cc2)CC1. The first kappa shape index (κ1) is 26.5. The third-order valence-electron chi connectivity index (χ3n) is 7.46. The number of alkyl halides is 2. The molecular weight excluding hydrogens is 470 g/mol. The zero-order valence-electron chi connectivity index (χ0n) is 21.2. The number of piperazine rings is 1. The van der Waals surface area contributed by atoms with Gasteiger partial charge >= 0.3 is 0 Å². The van der Waals surface area contributed by atoms with Crippen molar-refractivity contribution in [1.82, 2.24) is 15.1 Å². The largest absolute Gasteiger partial charge is 0.369 e. The Morgan fingerprint density at radius 2 is 1.78 bits per heavy atom. The summed E-state index contributed by atoms with van der Waals surface area (Å²) in [6.45, 7) is 10.3. The van der Waals surface area contributed by atoms with Crippen LogP contribution in [-0.2, 0) is 14.3 Å². The van der Waals surface area contributed by atoms with Crippen molar-refractivity contribution in [3.05, 3.63) is 29.8 Å². The van der Waals surface area contributed by atoms with Crippen LogP contribution >= 0.6 is 0 Å². The molecule has 10 heteroatoms. The van der Waals surface area contributed by atoms with Crippen LogP contribution in [0.2, 0.25) is 0 Å². The van der Waals surface area contributed by atoms with Gasteiger partial charge < -0.3 is 24.8 Å². The highest BCUT2D eigenvalue weighted by Gasteiger charge is 2.55. The van der Waals surface area contributed by atoms with Crippen LogP contribution in [0.15, 0.2) is 24.3 Å². The Hall–Kier alpha value is -2.59. The molecule has 0 aliphatic carbocycles. The Labute approximate surface area is 210 Å². The lowest BCUT2D eigenvalue weighted by atomic mass is 10.0. The number of nitrogens with one attached hydrogen (secondary N) is 1. The van der Waals surface area contributed by atoms with E-state index >= 15 is 0 Å². The van der Waals surface area contributed by atoms with Gasteiger partial charge in [-0.1, -0.05) is 20.8 Å². The van der Waals surface area contributed by atoms with Crippen molar-refractivity contribution in [2.75, 3.05) is 50.8 Å². The maximum absolute atomic E-state index is 13.6. The number of carbonyl (C=O) groups excluding carboxylic acids is 3. The number of nitrogens with zero attached hydrogens (tertiary/aromatic N) is 3. The summed E-state index contributed by atoms with van der Waals surface area (Å²) in [7, 11) is 0. The van der Waals surface area contributed by atoms with Gasteiger partial charge in [0.25, 0.3) is 5.91 Å². The molecule has 2 amide bonds. The van der Waals surface area contributed by atoms with Crippen molar-refractivity contribution in [2.45, 2.75) is 51.8 Å². The van der Waals surface area contributed by atoms with Gasteiger partial charge in [0, 0.05) is 44.0 Å². The van der Waals surface area contributed by atoms with Crippen LogP contribution in [0.25, 0.3) is 0 Å². The van der Waals surface area contributed by atoms with Gasteiger partial charge in [0.05, 0.1) is 12.0 Å². The predicted molar refractivity (Wildman–Crippen MR) is 131 cm³/mol. The molecule has 4 rings (SSSR count). The second kappa shape index (κ2) is 11.2. The first-order valence-corrected chi connectivity index (χ1v) is 12.8. The van der Waals surface area contributed by atoms with Crippen LogP contribution in [0.3, 0.4) is 0 Å². The van der Waals surface area contributed by atoms with E-state index in [2.05, 4.69) is 22.0 Å². The molecule has 3 aliphatic rings. The standard InChI is InChI=1S/C26H36F2N4O4/c1-4-30-9-11-31(12-10-30)18-7-5-17(6-8-18)25(34)29-20(13-16(2)3)26(35)32-14-19(24(27)28)23-22(32)21(33)15-36-23/h5-8,16,19-20,22-24H,4,9-15H2,1-3H3,(H,29,34)/t19-,20?,22-,23-/m1/s1. The number of rotatable bonds is 8. The third kappa shape index (κ3) is 5.54. The van der Waals surface area contributed by atoms with Gasteiger partial charge in [-0.25, -0.2) is 8.78 Å². The van der Waals surface area contributed by atoms with E-state index in [-0.39, 0.29) is 24.9 Å². The maximum Gasteiger partial charge on any atom is 0.251 e. The monoisotopic (exact) mass is 506 g/mol. The highest BCUT2D eigenvalue weighted by atomic mass is 19.3. The molecule has 1 N–H and O–H groups in total. The lowest BCUT2D eigenvalue weighted by Gasteiger charge is -2.35. The molecule has 0 radical (unpaired) electrons. The van der Waals surface area contributed by atoms with Crippen LogP contribution in [0.5, 0.6) is 0 Å². The summed E-state index contributed by atoms with van der Waals surface area (Å²) in [5.74, 6) is -2.46. The number of hydrogen-bond donors (Lipinski definition) is 1. The Balaban J connectivity index is 1.44. The molecule has 0 saturated carbocycles. The summed E-state index contributed by atoms with van der Waals surface area (Å²) in [4.78, 5) is 44.8. The molecule has 3 heterocycles. The number of ketones is 1. The summed E-state index contributed by atoms with van der Waals surface area (Å²) in [5, 5.41) is 2.80. The topological polar surface area (TPSA) is 82.2 Å². The summed E-state index contributed by atoms with van der Waals surface area (Å²) in [5.41, 5.74) is 1.45. The smallest absolute Gasteiger partial charge is 0.251 e. The van der Waals surface area contributed by atoms with Crippen LogP contribution in [-0.4, -0.2) is 97.9 Å². The number of ether oxygens (including phenoxy) is 1. The van der Waals surface area contributed by atoms with Gasteiger partial charge in [-0.3, -0.25) is 14.4 Å². The van der Waals surface area contributed by atoms with Crippen molar-refractivity contribution in [1.29, 1.82) is 0 Å². The van der Waals surface area contributed by atoms with E-state index in [0.717, 1.165) is 38.4 Å². The average molecular weight is 507 g/mol. The van der Waals surface area contributed by atoms with Crippen LogP contribution in [0, 0.1) is 11.8 Å². The molecule has 1 aromatic rings. The van der Waals surface area contributed by atoms with E-state index in [0.29, 0.717) is 12.0 Å². The number of likely N-dealkylation sites (tertiary alicyclic amines) is 1. The van der Waals surface area contributed by atoms with Gasteiger partial charge in [0.15, 0.2) is 5.78 Å². The summed E-state index contributed by atoms with van der Waals surface area (Å²) in [6, 6.07) is 5.34. The summed E-state index contributed by atoms with van der Waals surface area (Å²) >= 11 is 0. The van der Waals surface area contributed by atoms with Gasteiger partial charge in [-0.15, -0.1) is 0 Å². The molecule has 3 fully saturated rings. The van der Waals surface area contributed by atoms with E-state index < -0.39 is 42.3 Å². The highest BCUT2D eigenvalue weighted by Crippen LogP contribution is 2.35. The molecule has 0 aromatic heterocycles. The van der Waals surface area contributed by atoms with Gasteiger partial charge in [0.2, 0.25) is 12.3 Å². The number of Topliss-reactive ketones (excluding diaryl/α,β-unsaturated/α-hetero) is 1. The normalized spacial score (nSPS) is 25.5. The second-order valence-corrected chi connectivity index (χ2v) is 10.3. The molecule has 0 bridgehead atoms. The number of hydrogen-bond acceptors (Lipinski definition) is 6. The van der Waals surface area contributed by atoms with Crippen LogP contribution < -0.4 is 10.2 Å². The second-order valence-electron chi connectivity index (χ2n) is 10.3. The fourth-order valence-electron chi connectivity index (χ4n) is 5.42. The Morgan fingerprint density at radius 3 is 2.36 bits per heavy atom. The molecule has 4 atom stereocenters. The number of benzene rings is 1. The number of amides is 2. The number of likely N-dealkylation sites (N-methyl/N-ethyl adjacent to an activating group) is 1. The van der Waals surface area contributed by atoms with Crippen molar-refractivity contribution in [2.24, 2.45) is 11.8 Å². The van der Waals surface area contributed by atoms with E-state index in [1.807, 2.05) is 26.0 Å². The molecule has 3 saturated heterocycles. The Bertz CT molecular complexity index is 950. The van der Waals surface area contributed by atoms with Crippen molar-refractivity contribution in [3.8, 4) is 0 Å². The van der Waals surface area contributed by atoms with Gasteiger partial charge in [-0.2, -0.15) is 0 Å². The third-order valence-corrected chi connectivity index (χ3v) is 7.46. The zero-order valence-corrected chi connectivity index (χ0v) is 21.2. The molecule has 1 unspecified atom stereocenters. The van der Waals surface area contributed by atoms with Crippen molar-refractivity contribution in [3.63, 3.8) is 0 Å². The van der Waals surface area contributed by atoms with Crippen molar-refractivity contribution >= 4 is 23.3 Å². The van der Waals surface area contributed by atoms with Gasteiger partial charge in [0.1, 0.15) is 18.7 Å². The minimum atomic E-state index is -2.71. The number of halogens is 2. The molecule has 1 aromatic carbocycles. The molecular formula is C26H36F2N4O4. The van der Waals surface area contributed by atoms with E-state index in [1.165, 1.54) is 4.90 Å². The molecule has 3 aliphatic heterocycles. The van der Waals surface area contributed by atoms with E-state index in [1.54, 1.807) is 12.1 Å².